The van der Waals surface area contributed by atoms with E-state index in [2.05, 4.69) is 15.5 Å². The van der Waals surface area contributed by atoms with Gasteiger partial charge in [0.15, 0.2) is 0 Å². The molecule has 2 heterocycles. The summed E-state index contributed by atoms with van der Waals surface area (Å²) in [4.78, 5) is 11.8. The summed E-state index contributed by atoms with van der Waals surface area (Å²) in [6.45, 7) is 2.70. The van der Waals surface area contributed by atoms with E-state index in [1.54, 1.807) is 10.9 Å². The molecule has 1 amide bonds. The molecule has 6 heteroatoms. The minimum atomic E-state index is -0.0457. The first kappa shape index (κ1) is 15.0. The summed E-state index contributed by atoms with van der Waals surface area (Å²) in [6, 6.07) is 13.8. The number of carbonyl (C=O) groups excluding carboxylic acids is 1. The van der Waals surface area contributed by atoms with Gasteiger partial charge in [-0.2, -0.15) is 10.2 Å². The number of hydrogen-bond donors (Lipinski definition) is 1. The van der Waals surface area contributed by atoms with Gasteiger partial charge >= 0.3 is 0 Å². The lowest BCUT2D eigenvalue weighted by Crippen LogP contribution is -2.29. The summed E-state index contributed by atoms with van der Waals surface area (Å²) in [5, 5.41) is 11.6. The van der Waals surface area contributed by atoms with Crippen molar-refractivity contribution in [2.24, 2.45) is 0 Å². The van der Waals surface area contributed by atoms with E-state index in [0.29, 0.717) is 13.0 Å². The predicted octanol–water partition coefficient (Wildman–Crippen LogP) is 1.74. The van der Waals surface area contributed by atoms with E-state index in [0.717, 1.165) is 17.1 Å². The van der Waals surface area contributed by atoms with E-state index in [4.69, 9.17) is 0 Å². The summed E-state index contributed by atoms with van der Waals surface area (Å²) in [5.74, 6) is -0.0457. The van der Waals surface area contributed by atoms with Gasteiger partial charge in [0, 0.05) is 25.4 Å². The monoisotopic (exact) mass is 309 g/mol. The van der Waals surface area contributed by atoms with Gasteiger partial charge in [0.1, 0.15) is 6.54 Å². The summed E-state index contributed by atoms with van der Waals surface area (Å²) < 4.78 is 3.47. The van der Waals surface area contributed by atoms with Gasteiger partial charge in [-0.3, -0.25) is 9.48 Å². The zero-order valence-electron chi connectivity index (χ0n) is 13.0. The summed E-state index contributed by atoms with van der Waals surface area (Å²) >= 11 is 0. The van der Waals surface area contributed by atoms with Crippen molar-refractivity contribution in [3.8, 4) is 5.69 Å². The largest absolute Gasteiger partial charge is 0.354 e. The molecular formula is C17H19N5O. The lowest BCUT2D eigenvalue weighted by Gasteiger charge is -2.04. The third kappa shape index (κ3) is 4.06. The Morgan fingerprint density at radius 3 is 2.65 bits per heavy atom. The van der Waals surface area contributed by atoms with E-state index in [-0.39, 0.29) is 12.5 Å². The molecule has 118 valence electrons. The Morgan fingerprint density at radius 1 is 1.09 bits per heavy atom. The van der Waals surface area contributed by atoms with E-state index >= 15 is 0 Å². The Kier molecular flexibility index (Phi) is 4.52. The molecule has 1 N–H and O–H groups in total. The number of hydrogen-bond acceptors (Lipinski definition) is 3. The van der Waals surface area contributed by atoms with E-state index < -0.39 is 0 Å². The van der Waals surface area contributed by atoms with E-state index in [1.807, 2.05) is 60.3 Å². The third-order valence-corrected chi connectivity index (χ3v) is 3.45. The topological polar surface area (TPSA) is 64.7 Å². The van der Waals surface area contributed by atoms with Gasteiger partial charge in [-0.25, -0.2) is 4.68 Å². The van der Waals surface area contributed by atoms with E-state index in [1.165, 1.54) is 0 Å². The zero-order valence-corrected chi connectivity index (χ0v) is 13.0. The van der Waals surface area contributed by atoms with Crippen LogP contribution in [0.25, 0.3) is 5.69 Å². The third-order valence-electron chi connectivity index (χ3n) is 3.45. The maximum Gasteiger partial charge on any atom is 0.241 e. The Labute approximate surface area is 134 Å². The van der Waals surface area contributed by atoms with Crippen molar-refractivity contribution in [3.63, 3.8) is 0 Å². The minimum Gasteiger partial charge on any atom is -0.354 e. The van der Waals surface area contributed by atoms with Gasteiger partial charge in [-0.05, 0) is 31.2 Å². The van der Waals surface area contributed by atoms with Crippen molar-refractivity contribution >= 4 is 5.91 Å². The molecule has 2 aromatic heterocycles. The Hall–Kier alpha value is -2.89. The number of benzene rings is 1. The van der Waals surface area contributed by atoms with Crippen LogP contribution in [0.4, 0.5) is 0 Å². The average Bonchev–Trinajstić information content (AvgIpc) is 3.17. The zero-order chi connectivity index (χ0) is 16.1. The van der Waals surface area contributed by atoms with Crippen LogP contribution >= 0.6 is 0 Å². The normalized spacial score (nSPS) is 10.7. The van der Waals surface area contributed by atoms with Crippen molar-refractivity contribution < 1.29 is 4.79 Å². The number of rotatable bonds is 6. The minimum absolute atomic E-state index is 0.0457. The molecule has 0 saturated carbocycles. The molecule has 0 fully saturated rings. The molecule has 0 spiro atoms. The van der Waals surface area contributed by atoms with Gasteiger partial charge in [0.2, 0.25) is 5.91 Å². The van der Waals surface area contributed by atoms with Crippen LogP contribution in [-0.2, 0) is 17.8 Å². The average molecular weight is 309 g/mol. The van der Waals surface area contributed by atoms with Crippen molar-refractivity contribution in [2.45, 2.75) is 19.9 Å². The predicted molar refractivity (Wildman–Crippen MR) is 87.2 cm³/mol. The molecule has 0 bridgehead atoms. The molecule has 0 atom stereocenters. The second-order valence-corrected chi connectivity index (χ2v) is 5.34. The van der Waals surface area contributed by atoms with Gasteiger partial charge in [-0.15, -0.1) is 0 Å². The van der Waals surface area contributed by atoms with Crippen molar-refractivity contribution in [1.29, 1.82) is 0 Å². The molecule has 0 radical (unpaired) electrons. The highest BCUT2D eigenvalue weighted by atomic mass is 16.2. The summed E-state index contributed by atoms with van der Waals surface area (Å²) in [7, 11) is 0. The lowest BCUT2D eigenvalue weighted by molar-refractivity contribution is -0.121. The van der Waals surface area contributed by atoms with Gasteiger partial charge in [-0.1, -0.05) is 18.2 Å². The van der Waals surface area contributed by atoms with Crippen LogP contribution in [0.5, 0.6) is 0 Å². The first-order valence-corrected chi connectivity index (χ1v) is 7.57. The number of amides is 1. The Balaban J connectivity index is 1.47. The Bertz CT molecular complexity index is 775. The molecule has 0 aliphatic rings. The fraction of sp³-hybridized carbons (Fsp3) is 0.235. The fourth-order valence-corrected chi connectivity index (χ4v) is 2.30. The first-order valence-electron chi connectivity index (χ1n) is 7.57. The molecule has 3 aromatic rings. The highest BCUT2D eigenvalue weighted by molar-refractivity contribution is 5.75. The SMILES string of the molecule is Cc1ccn(CC(=O)NCCc2ccn(-c3ccccc3)n2)n1. The van der Waals surface area contributed by atoms with Crippen LogP contribution in [0.15, 0.2) is 54.9 Å². The van der Waals surface area contributed by atoms with E-state index in [9.17, 15) is 4.79 Å². The highest BCUT2D eigenvalue weighted by Gasteiger charge is 2.05. The molecular weight excluding hydrogens is 290 g/mol. The van der Waals surface area contributed by atoms with Crippen LogP contribution in [0.2, 0.25) is 0 Å². The number of nitrogens with zero attached hydrogens (tertiary/aromatic N) is 4. The Morgan fingerprint density at radius 2 is 1.91 bits per heavy atom. The first-order chi connectivity index (χ1) is 11.2. The molecule has 1 aromatic carbocycles. The summed E-state index contributed by atoms with van der Waals surface area (Å²) in [6.07, 6.45) is 4.43. The van der Waals surface area contributed by atoms with Crippen LogP contribution in [0.1, 0.15) is 11.4 Å². The standard InChI is InChI=1S/C17H19N5O/c1-14-8-11-21(19-14)13-17(23)18-10-7-15-9-12-22(20-15)16-5-3-2-4-6-16/h2-6,8-9,11-12H,7,10,13H2,1H3,(H,18,23). The molecule has 3 rings (SSSR count). The summed E-state index contributed by atoms with van der Waals surface area (Å²) in [5.41, 5.74) is 2.88. The molecule has 6 nitrogen and oxygen atoms in total. The highest BCUT2D eigenvalue weighted by Crippen LogP contribution is 2.06. The quantitative estimate of drug-likeness (QED) is 0.754. The molecule has 0 aliphatic carbocycles. The van der Waals surface area contributed by atoms with Crippen molar-refractivity contribution in [1.82, 2.24) is 24.9 Å². The molecule has 0 unspecified atom stereocenters. The van der Waals surface area contributed by atoms with Crippen LogP contribution in [-0.4, -0.2) is 32.0 Å². The molecule has 0 saturated heterocycles. The second kappa shape index (κ2) is 6.91. The van der Waals surface area contributed by atoms with Gasteiger partial charge < -0.3 is 5.32 Å². The number of carbonyl (C=O) groups is 1. The van der Waals surface area contributed by atoms with Crippen LogP contribution in [0, 0.1) is 6.92 Å². The number of aryl methyl sites for hydroxylation is 1. The van der Waals surface area contributed by atoms with Crippen LogP contribution in [0.3, 0.4) is 0 Å². The fourth-order valence-electron chi connectivity index (χ4n) is 2.30. The van der Waals surface area contributed by atoms with Gasteiger partial charge in [0.05, 0.1) is 17.1 Å². The maximum atomic E-state index is 11.8. The van der Waals surface area contributed by atoms with Crippen molar-refractivity contribution in [2.75, 3.05) is 6.54 Å². The second-order valence-electron chi connectivity index (χ2n) is 5.34. The lowest BCUT2D eigenvalue weighted by atomic mass is 10.3. The van der Waals surface area contributed by atoms with Crippen LogP contribution < -0.4 is 5.32 Å². The number of nitrogens with one attached hydrogen (secondary N) is 1. The number of aromatic nitrogens is 4. The maximum absolute atomic E-state index is 11.8. The smallest absolute Gasteiger partial charge is 0.241 e. The van der Waals surface area contributed by atoms with Gasteiger partial charge in [0.25, 0.3) is 0 Å². The molecule has 23 heavy (non-hydrogen) atoms. The number of para-hydroxylation sites is 1. The molecule has 0 aliphatic heterocycles. The van der Waals surface area contributed by atoms with Crippen molar-refractivity contribution in [3.05, 3.63) is 66.2 Å².